The number of benzene rings is 1. The van der Waals surface area contributed by atoms with Gasteiger partial charge >= 0.3 is 0 Å². The molecule has 0 saturated carbocycles. The highest BCUT2D eigenvalue weighted by Crippen LogP contribution is 2.17. The summed E-state index contributed by atoms with van der Waals surface area (Å²) in [4.78, 5) is 23.5. The summed E-state index contributed by atoms with van der Waals surface area (Å²) < 4.78 is 5.44. The number of aryl methyl sites for hydroxylation is 1. The van der Waals surface area contributed by atoms with Gasteiger partial charge in [-0.25, -0.2) is 0 Å². The number of halogens is 1. The third-order valence-electron chi connectivity index (χ3n) is 3.23. The van der Waals surface area contributed by atoms with Gasteiger partial charge in [0.2, 0.25) is 0 Å². The molecular weight excluding hydrogens is 290 g/mol. The average Bonchev–Trinajstić information content (AvgIpc) is 2.79. The molecule has 0 aliphatic carbocycles. The third kappa shape index (κ3) is 4.33. The van der Waals surface area contributed by atoms with Crippen LogP contribution in [0.2, 0.25) is 5.02 Å². The van der Waals surface area contributed by atoms with Gasteiger partial charge in [-0.1, -0.05) is 37.6 Å². The molecule has 0 aromatic heterocycles. The highest BCUT2D eigenvalue weighted by molar-refractivity contribution is 6.30. The minimum absolute atomic E-state index is 0.0695. The molecule has 1 fully saturated rings. The molecule has 1 amide bonds. The molecule has 1 heterocycles. The van der Waals surface area contributed by atoms with E-state index in [1.54, 1.807) is 12.1 Å². The second kappa shape index (κ2) is 6.76. The predicted molar refractivity (Wildman–Crippen MR) is 80.7 cm³/mol. The van der Waals surface area contributed by atoms with Gasteiger partial charge in [-0.3, -0.25) is 14.9 Å². The summed E-state index contributed by atoms with van der Waals surface area (Å²) in [6.45, 7) is 3.80. The average molecular weight is 308 g/mol. The number of rotatable bonds is 5. The zero-order valence-corrected chi connectivity index (χ0v) is 12.8. The summed E-state index contributed by atoms with van der Waals surface area (Å²) in [7, 11) is 0. The van der Waals surface area contributed by atoms with Gasteiger partial charge in [0.25, 0.3) is 5.91 Å². The molecule has 1 aliphatic heterocycles. The molecule has 2 rings (SSSR count). The molecule has 1 aromatic carbocycles. The summed E-state index contributed by atoms with van der Waals surface area (Å²) in [6, 6.07) is 7.39. The van der Waals surface area contributed by atoms with E-state index >= 15 is 0 Å². The Hall–Kier alpha value is -1.81. The quantitative estimate of drug-likeness (QED) is 0.851. The number of ether oxygens (including phenoxy) is 1. The smallest absolute Gasteiger partial charge is 0.268 e. The summed E-state index contributed by atoms with van der Waals surface area (Å²) in [5.74, 6) is 0.0475. The second-order valence-electron chi connectivity index (χ2n) is 5.37. The monoisotopic (exact) mass is 307 g/mol. The lowest BCUT2D eigenvalue weighted by atomic mass is 10.1. The van der Waals surface area contributed by atoms with Crippen molar-refractivity contribution in [1.82, 2.24) is 5.32 Å². The molecule has 0 radical (unpaired) electrons. The molecule has 0 bridgehead atoms. The first-order valence-corrected chi connectivity index (χ1v) is 7.30. The first kappa shape index (κ1) is 15.6. The highest BCUT2D eigenvalue weighted by atomic mass is 35.5. The Bertz CT molecular complexity index is 563. The zero-order chi connectivity index (χ0) is 15.4. The molecule has 1 N–H and O–H groups in total. The van der Waals surface area contributed by atoms with Crippen LogP contribution in [0.25, 0.3) is 0 Å². The van der Waals surface area contributed by atoms with Crippen molar-refractivity contribution in [3.63, 3.8) is 0 Å². The van der Waals surface area contributed by atoms with Gasteiger partial charge in [-0.2, -0.15) is 0 Å². The van der Waals surface area contributed by atoms with Crippen LogP contribution in [0.1, 0.15) is 25.8 Å². The predicted octanol–water partition coefficient (Wildman–Crippen LogP) is 2.85. The van der Waals surface area contributed by atoms with Gasteiger partial charge in [-0.15, -0.1) is 0 Å². The normalized spacial score (nSPS) is 19.7. The van der Waals surface area contributed by atoms with Crippen molar-refractivity contribution in [3.05, 3.63) is 46.8 Å². The number of ketones is 1. The SMILES string of the molecule is CC(C)[C@@H]1O/C(=C/C(=O)CCc2ccc(Cl)cc2)NC1=O. The summed E-state index contributed by atoms with van der Waals surface area (Å²) in [5, 5.41) is 3.26. The van der Waals surface area contributed by atoms with Gasteiger partial charge in [-0.05, 0) is 30.0 Å². The number of carbonyl (C=O) groups excluding carboxylic acids is 2. The Kier molecular flexibility index (Phi) is 5.02. The standard InChI is InChI=1S/C16H18ClNO3/c1-10(2)15-16(20)18-14(21-15)9-13(19)8-5-11-3-6-12(17)7-4-11/h3-4,6-7,9-10,15H,5,8H2,1-2H3,(H,18,20)/b14-9+/t15-/m0/s1. The molecule has 1 saturated heterocycles. The molecule has 1 aromatic rings. The molecule has 112 valence electrons. The molecule has 21 heavy (non-hydrogen) atoms. The van der Waals surface area contributed by atoms with Gasteiger partial charge in [0.15, 0.2) is 17.8 Å². The van der Waals surface area contributed by atoms with Crippen LogP contribution in [0.5, 0.6) is 0 Å². The van der Waals surface area contributed by atoms with Crippen molar-refractivity contribution >= 4 is 23.3 Å². The van der Waals surface area contributed by atoms with Gasteiger partial charge in [0.1, 0.15) is 0 Å². The Labute approximate surface area is 129 Å². The Balaban J connectivity index is 1.88. The Morgan fingerprint density at radius 1 is 1.38 bits per heavy atom. The van der Waals surface area contributed by atoms with E-state index < -0.39 is 6.10 Å². The molecule has 0 unspecified atom stereocenters. The van der Waals surface area contributed by atoms with Crippen molar-refractivity contribution in [1.29, 1.82) is 0 Å². The maximum atomic E-state index is 11.9. The minimum Gasteiger partial charge on any atom is -0.465 e. The lowest BCUT2D eigenvalue weighted by Crippen LogP contribution is -2.27. The van der Waals surface area contributed by atoms with E-state index in [4.69, 9.17) is 16.3 Å². The maximum Gasteiger partial charge on any atom is 0.268 e. The molecule has 4 nitrogen and oxygen atoms in total. The fourth-order valence-electron chi connectivity index (χ4n) is 2.06. The molecule has 5 heteroatoms. The maximum absolute atomic E-state index is 11.9. The van der Waals surface area contributed by atoms with E-state index in [2.05, 4.69) is 5.32 Å². The Morgan fingerprint density at radius 3 is 2.62 bits per heavy atom. The molecule has 1 aliphatic rings. The van der Waals surface area contributed by atoms with Crippen molar-refractivity contribution in [2.75, 3.05) is 0 Å². The lowest BCUT2D eigenvalue weighted by molar-refractivity contribution is -0.125. The molecule has 0 spiro atoms. The third-order valence-corrected chi connectivity index (χ3v) is 3.48. The van der Waals surface area contributed by atoms with Crippen molar-refractivity contribution in [3.8, 4) is 0 Å². The number of hydrogen-bond donors (Lipinski definition) is 1. The van der Waals surface area contributed by atoms with Crippen molar-refractivity contribution in [2.24, 2.45) is 5.92 Å². The first-order chi connectivity index (χ1) is 9.95. The van der Waals surface area contributed by atoms with Crippen molar-refractivity contribution < 1.29 is 14.3 Å². The lowest BCUT2D eigenvalue weighted by Gasteiger charge is -2.10. The van der Waals surface area contributed by atoms with Crippen LogP contribution in [-0.2, 0) is 20.7 Å². The zero-order valence-electron chi connectivity index (χ0n) is 12.1. The van der Waals surface area contributed by atoms with E-state index in [9.17, 15) is 9.59 Å². The van der Waals surface area contributed by atoms with Crippen molar-refractivity contribution in [2.45, 2.75) is 32.8 Å². The second-order valence-corrected chi connectivity index (χ2v) is 5.81. The highest BCUT2D eigenvalue weighted by Gasteiger charge is 2.32. The number of nitrogens with one attached hydrogen (secondary N) is 1. The van der Waals surface area contributed by atoms with Crippen LogP contribution < -0.4 is 5.32 Å². The van der Waals surface area contributed by atoms with Crippen LogP contribution in [0, 0.1) is 5.92 Å². The topological polar surface area (TPSA) is 55.4 Å². The van der Waals surface area contributed by atoms with Crippen LogP contribution in [0.15, 0.2) is 36.2 Å². The first-order valence-electron chi connectivity index (χ1n) is 6.92. The van der Waals surface area contributed by atoms with E-state index in [-0.39, 0.29) is 23.5 Å². The van der Waals surface area contributed by atoms with E-state index in [1.807, 2.05) is 26.0 Å². The number of carbonyl (C=O) groups is 2. The molecular formula is C16H18ClNO3. The fourth-order valence-corrected chi connectivity index (χ4v) is 2.18. The van der Waals surface area contributed by atoms with Crippen LogP contribution >= 0.6 is 11.6 Å². The summed E-state index contributed by atoms with van der Waals surface area (Å²) in [5.41, 5.74) is 1.04. The van der Waals surface area contributed by atoms with E-state index in [1.165, 1.54) is 6.08 Å². The van der Waals surface area contributed by atoms with Gasteiger partial charge in [0.05, 0.1) is 0 Å². The van der Waals surface area contributed by atoms with Crippen LogP contribution in [-0.4, -0.2) is 17.8 Å². The van der Waals surface area contributed by atoms with Gasteiger partial charge < -0.3 is 4.74 Å². The fraction of sp³-hybridized carbons (Fsp3) is 0.375. The number of amides is 1. The molecule has 1 atom stereocenters. The van der Waals surface area contributed by atoms with Crippen LogP contribution in [0.3, 0.4) is 0 Å². The van der Waals surface area contributed by atoms with E-state index in [0.29, 0.717) is 17.9 Å². The number of hydrogen-bond acceptors (Lipinski definition) is 3. The van der Waals surface area contributed by atoms with Crippen LogP contribution in [0.4, 0.5) is 0 Å². The minimum atomic E-state index is -0.514. The Morgan fingerprint density at radius 2 is 2.05 bits per heavy atom. The number of allylic oxidation sites excluding steroid dienone is 1. The largest absolute Gasteiger partial charge is 0.465 e. The van der Waals surface area contributed by atoms with E-state index in [0.717, 1.165) is 5.56 Å². The summed E-state index contributed by atoms with van der Waals surface area (Å²) in [6.07, 6.45) is 1.83. The van der Waals surface area contributed by atoms with Gasteiger partial charge in [0, 0.05) is 17.5 Å². The summed E-state index contributed by atoms with van der Waals surface area (Å²) >= 11 is 5.81.